The van der Waals surface area contributed by atoms with Crippen molar-refractivity contribution in [3.8, 4) is 11.3 Å². The van der Waals surface area contributed by atoms with Gasteiger partial charge in [0.25, 0.3) is 0 Å². The van der Waals surface area contributed by atoms with E-state index >= 15 is 0 Å². The van der Waals surface area contributed by atoms with Crippen LogP contribution in [-0.4, -0.2) is 14.6 Å². The number of rotatable bonds is 4. The molecule has 23 heavy (non-hydrogen) atoms. The number of hydrogen-bond acceptors (Lipinski definition) is 5. The molecule has 114 valence electrons. The summed E-state index contributed by atoms with van der Waals surface area (Å²) in [5.41, 5.74) is 3.01. The van der Waals surface area contributed by atoms with E-state index in [1.165, 1.54) is 4.70 Å². The van der Waals surface area contributed by atoms with Crippen molar-refractivity contribution in [2.75, 3.05) is 5.84 Å². The van der Waals surface area contributed by atoms with Gasteiger partial charge in [-0.05, 0) is 12.1 Å². The van der Waals surface area contributed by atoms with E-state index in [1.807, 2.05) is 54.7 Å². The summed E-state index contributed by atoms with van der Waals surface area (Å²) >= 11 is 3.32. The van der Waals surface area contributed by atoms with Gasteiger partial charge in [-0.15, -0.1) is 11.3 Å². The fraction of sp³-hybridized carbons (Fsp3) is 0.0588. The summed E-state index contributed by atoms with van der Waals surface area (Å²) in [5.74, 6) is 6.80. The smallest absolute Gasteiger partial charge is 0.187 e. The summed E-state index contributed by atoms with van der Waals surface area (Å²) in [7, 11) is 0. The van der Waals surface area contributed by atoms with Gasteiger partial charge in [-0.3, -0.25) is 0 Å². The van der Waals surface area contributed by atoms with Crippen LogP contribution in [0.3, 0.4) is 0 Å². The molecule has 2 aromatic carbocycles. The van der Waals surface area contributed by atoms with Gasteiger partial charge >= 0.3 is 0 Å². The molecule has 4 aromatic rings. The summed E-state index contributed by atoms with van der Waals surface area (Å²) < 4.78 is 2.80. The third-order valence-electron chi connectivity index (χ3n) is 3.43. The van der Waals surface area contributed by atoms with Crippen molar-refractivity contribution in [3.63, 3.8) is 0 Å². The van der Waals surface area contributed by atoms with E-state index in [1.54, 1.807) is 27.8 Å². The van der Waals surface area contributed by atoms with Gasteiger partial charge in [-0.1, -0.05) is 54.2 Å². The lowest BCUT2D eigenvalue weighted by Crippen LogP contribution is -2.07. The molecule has 4 rings (SSSR count). The predicted octanol–water partition coefficient (Wildman–Crippen LogP) is 4.17. The molecule has 2 N–H and O–H groups in total. The van der Waals surface area contributed by atoms with Gasteiger partial charge in [0.05, 0.1) is 27.9 Å². The highest BCUT2D eigenvalue weighted by molar-refractivity contribution is 7.98. The minimum Gasteiger partial charge on any atom is -0.337 e. The van der Waals surface area contributed by atoms with Crippen molar-refractivity contribution in [1.29, 1.82) is 0 Å². The summed E-state index contributed by atoms with van der Waals surface area (Å²) in [5, 5.41) is 1.88. The molecule has 0 atom stereocenters. The molecule has 0 fully saturated rings. The Labute approximate surface area is 142 Å². The molecular formula is C17H14N4S2. The van der Waals surface area contributed by atoms with Gasteiger partial charge < -0.3 is 5.84 Å². The van der Waals surface area contributed by atoms with Crippen LogP contribution in [-0.2, 0) is 5.75 Å². The zero-order valence-electron chi connectivity index (χ0n) is 12.2. The third kappa shape index (κ3) is 2.95. The van der Waals surface area contributed by atoms with E-state index in [0.29, 0.717) is 0 Å². The standard InChI is InChI=1S/C17H14N4S2/c18-21-10-14(12-6-2-1-3-7-12)20-17(21)22-11-16-19-13-8-4-5-9-15(13)23-16/h1-10H,11,18H2. The highest BCUT2D eigenvalue weighted by atomic mass is 32.2. The third-order valence-corrected chi connectivity index (χ3v) is 5.63. The Kier molecular flexibility index (Phi) is 3.77. The zero-order chi connectivity index (χ0) is 15.6. The first-order chi connectivity index (χ1) is 11.3. The highest BCUT2D eigenvalue weighted by Gasteiger charge is 2.10. The Hall–Kier alpha value is -2.31. The van der Waals surface area contributed by atoms with Crippen LogP contribution in [0.4, 0.5) is 0 Å². The lowest BCUT2D eigenvalue weighted by molar-refractivity contribution is 0.851. The van der Waals surface area contributed by atoms with Crippen molar-refractivity contribution >= 4 is 33.3 Å². The average molecular weight is 338 g/mol. The first-order valence-electron chi connectivity index (χ1n) is 7.17. The summed E-state index contributed by atoms with van der Waals surface area (Å²) in [6.07, 6.45) is 1.86. The number of aromatic nitrogens is 3. The maximum atomic E-state index is 6.03. The first kappa shape index (κ1) is 14.3. The molecular weight excluding hydrogens is 324 g/mol. The van der Waals surface area contributed by atoms with Crippen LogP contribution in [0.1, 0.15) is 5.01 Å². The Morgan fingerprint density at radius 2 is 1.78 bits per heavy atom. The molecule has 0 spiro atoms. The normalized spacial score (nSPS) is 11.1. The number of nitrogens with zero attached hydrogens (tertiary/aromatic N) is 3. The highest BCUT2D eigenvalue weighted by Crippen LogP contribution is 2.29. The fourth-order valence-electron chi connectivity index (χ4n) is 2.34. The van der Waals surface area contributed by atoms with E-state index in [-0.39, 0.29) is 0 Å². The molecule has 2 heterocycles. The Bertz CT molecular complexity index is 911. The number of fused-ring (bicyclic) bond motifs is 1. The lowest BCUT2D eigenvalue weighted by Gasteiger charge is -1.98. The van der Waals surface area contributed by atoms with Crippen LogP contribution in [0.25, 0.3) is 21.5 Å². The minimum atomic E-state index is 0.766. The van der Waals surface area contributed by atoms with Crippen LogP contribution in [0.5, 0.6) is 0 Å². The van der Waals surface area contributed by atoms with Gasteiger partial charge in [0, 0.05) is 5.56 Å². The molecule has 0 unspecified atom stereocenters. The fourth-order valence-corrected chi connectivity index (χ4v) is 4.20. The zero-order valence-corrected chi connectivity index (χ0v) is 13.8. The monoisotopic (exact) mass is 338 g/mol. The molecule has 0 aliphatic carbocycles. The SMILES string of the molecule is Nn1cc(-c2ccccc2)nc1SCc1nc2ccccc2s1. The Morgan fingerprint density at radius 3 is 2.61 bits per heavy atom. The number of hydrogen-bond donors (Lipinski definition) is 1. The van der Waals surface area contributed by atoms with E-state index < -0.39 is 0 Å². The van der Waals surface area contributed by atoms with Gasteiger partial charge in [-0.2, -0.15) is 0 Å². The molecule has 0 radical (unpaired) electrons. The van der Waals surface area contributed by atoms with Crippen molar-refractivity contribution in [1.82, 2.24) is 14.6 Å². The predicted molar refractivity (Wildman–Crippen MR) is 97.0 cm³/mol. The molecule has 0 aliphatic heterocycles. The minimum absolute atomic E-state index is 0.766. The number of thioether (sulfide) groups is 1. The Morgan fingerprint density at radius 1 is 1.00 bits per heavy atom. The van der Waals surface area contributed by atoms with E-state index in [0.717, 1.165) is 32.7 Å². The Balaban J connectivity index is 1.54. The molecule has 0 saturated heterocycles. The molecule has 0 saturated carbocycles. The maximum absolute atomic E-state index is 6.03. The topological polar surface area (TPSA) is 56.7 Å². The molecule has 0 aliphatic rings. The number of para-hydroxylation sites is 1. The van der Waals surface area contributed by atoms with Crippen LogP contribution in [0, 0.1) is 0 Å². The summed E-state index contributed by atoms with van der Waals surface area (Å²) in [4.78, 5) is 9.27. The van der Waals surface area contributed by atoms with Crippen LogP contribution >= 0.6 is 23.1 Å². The van der Waals surface area contributed by atoms with Gasteiger partial charge in [0.15, 0.2) is 5.16 Å². The average Bonchev–Trinajstić information content (AvgIpc) is 3.16. The number of benzene rings is 2. The molecule has 4 nitrogen and oxygen atoms in total. The second kappa shape index (κ2) is 6.06. The molecule has 2 aromatic heterocycles. The number of nitrogens with two attached hydrogens (primary N) is 1. The van der Waals surface area contributed by atoms with E-state index in [2.05, 4.69) is 16.0 Å². The van der Waals surface area contributed by atoms with Gasteiger partial charge in [0.2, 0.25) is 0 Å². The van der Waals surface area contributed by atoms with Crippen LogP contribution < -0.4 is 5.84 Å². The van der Waals surface area contributed by atoms with Crippen molar-refractivity contribution in [3.05, 3.63) is 65.8 Å². The summed E-state index contributed by atoms with van der Waals surface area (Å²) in [6, 6.07) is 18.2. The van der Waals surface area contributed by atoms with Crippen molar-refractivity contribution in [2.24, 2.45) is 0 Å². The summed E-state index contributed by atoms with van der Waals surface area (Å²) in [6.45, 7) is 0. The van der Waals surface area contributed by atoms with Crippen molar-refractivity contribution in [2.45, 2.75) is 10.9 Å². The molecule has 6 heteroatoms. The van der Waals surface area contributed by atoms with Crippen molar-refractivity contribution < 1.29 is 0 Å². The van der Waals surface area contributed by atoms with Crippen LogP contribution in [0.2, 0.25) is 0 Å². The largest absolute Gasteiger partial charge is 0.337 e. The number of imidazole rings is 1. The van der Waals surface area contributed by atoms with Gasteiger partial charge in [0.1, 0.15) is 5.01 Å². The maximum Gasteiger partial charge on any atom is 0.187 e. The molecule has 0 bridgehead atoms. The van der Waals surface area contributed by atoms with Gasteiger partial charge in [-0.25, -0.2) is 14.6 Å². The van der Waals surface area contributed by atoms with E-state index in [4.69, 9.17) is 5.84 Å². The van der Waals surface area contributed by atoms with E-state index in [9.17, 15) is 0 Å². The second-order valence-electron chi connectivity index (χ2n) is 5.05. The number of nitrogen functional groups attached to an aromatic ring is 1. The van der Waals surface area contributed by atoms with Crippen LogP contribution in [0.15, 0.2) is 66.0 Å². The lowest BCUT2D eigenvalue weighted by atomic mass is 10.2. The number of thiazole rings is 1. The quantitative estimate of drug-likeness (QED) is 0.448. The first-order valence-corrected chi connectivity index (χ1v) is 8.97. The second-order valence-corrected chi connectivity index (χ2v) is 7.10. The molecule has 0 amide bonds.